The lowest BCUT2D eigenvalue weighted by Gasteiger charge is -2.43. The van der Waals surface area contributed by atoms with Crippen molar-refractivity contribution in [2.75, 3.05) is 25.0 Å². The monoisotopic (exact) mass is 235 g/mol. The molecule has 0 radical (unpaired) electrons. The van der Waals surface area contributed by atoms with Crippen LogP contribution in [0.1, 0.15) is 19.5 Å². The number of aliphatic hydroxyl groups is 1. The fourth-order valence-electron chi connectivity index (χ4n) is 2.32. The van der Waals surface area contributed by atoms with Gasteiger partial charge in [-0.05, 0) is 33.0 Å². The van der Waals surface area contributed by atoms with E-state index in [4.69, 9.17) is 5.11 Å². The van der Waals surface area contributed by atoms with Crippen LogP contribution in [-0.4, -0.2) is 47.2 Å². The van der Waals surface area contributed by atoms with Crippen LogP contribution in [-0.2, 0) is 6.61 Å². The van der Waals surface area contributed by atoms with E-state index in [1.54, 1.807) is 0 Å². The number of aliphatic hydroxyl groups excluding tert-OH is 1. The van der Waals surface area contributed by atoms with Crippen LogP contribution in [0.4, 0.5) is 5.82 Å². The highest BCUT2D eigenvalue weighted by Crippen LogP contribution is 2.19. The Morgan fingerprint density at radius 3 is 2.53 bits per heavy atom. The Hall–Kier alpha value is -1.13. The zero-order valence-electron chi connectivity index (χ0n) is 10.8. The molecular formula is C13H21N3O. The molecule has 0 saturated carbocycles. The Morgan fingerprint density at radius 2 is 1.94 bits per heavy atom. The van der Waals surface area contributed by atoms with Crippen molar-refractivity contribution in [3.05, 3.63) is 23.9 Å². The molecule has 1 N–H and O–H groups in total. The zero-order chi connectivity index (χ0) is 12.4. The summed E-state index contributed by atoms with van der Waals surface area (Å²) in [5.74, 6) is 0.975. The predicted molar refractivity (Wildman–Crippen MR) is 69.1 cm³/mol. The fraction of sp³-hybridized carbons (Fsp3) is 0.615. The second-order valence-electron chi connectivity index (χ2n) is 4.91. The van der Waals surface area contributed by atoms with Gasteiger partial charge in [-0.15, -0.1) is 0 Å². The van der Waals surface area contributed by atoms with E-state index in [1.807, 2.05) is 18.2 Å². The lowest BCUT2D eigenvalue weighted by molar-refractivity contribution is 0.169. The van der Waals surface area contributed by atoms with Crippen molar-refractivity contribution in [3.63, 3.8) is 0 Å². The molecule has 0 aliphatic carbocycles. The van der Waals surface area contributed by atoms with Gasteiger partial charge in [-0.2, -0.15) is 0 Å². The van der Waals surface area contributed by atoms with Gasteiger partial charge in [0.2, 0.25) is 0 Å². The minimum absolute atomic E-state index is 0.00664. The standard InChI is InChI=1S/C13H21N3O/c1-10-7-16(8-11(2)15(10)3)13-6-4-5-12(9-17)14-13/h4-6,10-11,17H,7-9H2,1-3H3. The molecule has 1 aromatic heterocycles. The van der Waals surface area contributed by atoms with Crippen LogP contribution in [0.2, 0.25) is 0 Å². The first-order valence-corrected chi connectivity index (χ1v) is 6.15. The predicted octanol–water partition coefficient (Wildman–Crippen LogP) is 1.10. The summed E-state index contributed by atoms with van der Waals surface area (Å²) in [5.41, 5.74) is 0.738. The van der Waals surface area contributed by atoms with Crippen molar-refractivity contribution < 1.29 is 5.11 Å². The smallest absolute Gasteiger partial charge is 0.129 e. The molecule has 2 unspecified atom stereocenters. The molecule has 0 bridgehead atoms. The van der Waals surface area contributed by atoms with Crippen LogP contribution >= 0.6 is 0 Å². The number of piperazine rings is 1. The van der Waals surface area contributed by atoms with Gasteiger partial charge in [-0.25, -0.2) is 4.98 Å². The third kappa shape index (κ3) is 2.58. The molecule has 1 aliphatic rings. The van der Waals surface area contributed by atoms with Gasteiger partial charge in [0.05, 0.1) is 12.3 Å². The van der Waals surface area contributed by atoms with Crippen molar-refractivity contribution in [3.8, 4) is 0 Å². The maximum absolute atomic E-state index is 9.12. The summed E-state index contributed by atoms with van der Waals surface area (Å²) in [7, 11) is 2.17. The Labute approximate surface area is 103 Å². The van der Waals surface area contributed by atoms with E-state index in [1.165, 1.54) is 0 Å². The van der Waals surface area contributed by atoms with Crippen molar-refractivity contribution in [2.24, 2.45) is 0 Å². The van der Waals surface area contributed by atoms with Gasteiger partial charge in [0.25, 0.3) is 0 Å². The Kier molecular flexibility index (Phi) is 3.64. The maximum atomic E-state index is 9.12. The van der Waals surface area contributed by atoms with Crippen LogP contribution < -0.4 is 4.90 Å². The topological polar surface area (TPSA) is 39.6 Å². The fourth-order valence-corrected chi connectivity index (χ4v) is 2.32. The van der Waals surface area contributed by atoms with Crippen molar-refractivity contribution in [1.29, 1.82) is 0 Å². The summed E-state index contributed by atoms with van der Waals surface area (Å²) in [4.78, 5) is 9.16. The van der Waals surface area contributed by atoms with E-state index in [9.17, 15) is 0 Å². The quantitative estimate of drug-likeness (QED) is 0.833. The van der Waals surface area contributed by atoms with Gasteiger partial charge in [0.1, 0.15) is 5.82 Å². The molecule has 1 aliphatic heterocycles. The third-order valence-electron chi connectivity index (χ3n) is 3.64. The van der Waals surface area contributed by atoms with E-state index in [0.29, 0.717) is 12.1 Å². The lowest BCUT2D eigenvalue weighted by atomic mass is 10.1. The molecule has 1 saturated heterocycles. The van der Waals surface area contributed by atoms with E-state index in [2.05, 4.69) is 35.7 Å². The number of aromatic nitrogens is 1. The average Bonchev–Trinajstić information content (AvgIpc) is 2.35. The van der Waals surface area contributed by atoms with E-state index >= 15 is 0 Å². The highest BCUT2D eigenvalue weighted by atomic mass is 16.3. The molecule has 94 valence electrons. The Balaban J connectivity index is 2.16. The highest BCUT2D eigenvalue weighted by molar-refractivity contribution is 5.40. The molecule has 1 fully saturated rings. The zero-order valence-corrected chi connectivity index (χ0v) is 10.8. The lowest BCUT2D eigenvalue weighted by Crippen LogP contribution is -2.55. The van der Waals surface area contributed by atoms with E-state index in [0.717, 1.165) is 24.6 Å². The molecule has 2 atom stereocenters. The molecule has 4 nitrogen and oxygen atoms in total. The summed E-state index contributed by atoms with van der Waals surface area (Å²) in [6.45, 7) is 6.45. The molecule has 0 aromatic carbocycles. The Bertz CT molecular complexity index is 371. The summed E-state index contributed by atoms with van der Waals surface area (Å²) < 4.78 is 0. The first-order valence-electron chi connectivity index (χ1n) is 6.15. The van der Waals surface area contributed by atoms with Crippen molar-refractivity contribution in [2.45, 2.75) is 32.5 Å². The van der Waals surface area contributed by atoms with Gasteiger partial charge in [0, 0.05) is 25.2 Å². The normalized spacial score (nSPS) is 26.2. The van der Waals surface area contributed by atoms with Gasteiger partial charge in [-0.3, -0.25) is 4.90 Å². The van der Waals surface area contributed by atoms with Crippen LogP contribution in [0.15, 0.2) is 18.2 Å². The summed E-state index contributed by atoms with van der Waals surface area (Å²) in [5, 5.41) is 9.12. The van der Waals surface area contributed by atoms with Gasteiger partial charge >= 0.3 is 0 Å². The SMILES string of the molecule is CC1CN(c2cccc(CO)n2)CC(C)N1C. The number of hydrogen-bond donors (Lipinski definition) is 1. The van der Waals surface area contributed by atoms with Gasteiger partial charge < -0.3 is 10.0 Å². The van der Waals surface area contributed by atoms with Gasteiger partial charge in [-0.1, -0.05) is 6.07 Å². The largest absolute Gasteiger partial charge is 0.390 e. The molecule has 2 rings (SSSR count). The summed E-state index contributed by atoms with van der Waals surface area (Å²) in [6.07, 6.45) is 0. The number of hydrogen-bond acceptors (Lipinski definition) is 4. The molecule has 2 heterocycles. The number of rotatable bonds is 2. The number of likely N-dealkylation sites (N-methyl/N-ethyl adjacent to an activating group) is 1. The third-order valence-corrected chi connectivity index (χ3v) is 3.64. The summed E-state index contributed by atoms with van der Waals surface area (Å²) >= 11 is 0. The van der Waals surface area contributed by atoms with Crippen molar-refractivity contribution in [1.82, 2.24) is 9.88 Å². The molecular weight excluding hydrogens is 214 g/mol. The van der Waals surface area contributed by atoms with Crippen LogP contribution in [0.5, 0.6) is 0 Å². The van der Waals surface area contributed by atoms with Crippen molar-refractivity contribution >= 4 is 5.82 Å². The highest BCUT2D eigenvalue weighted by Gasteiger charge is 2.27. The molecule has 17 heavy (non-hydrogen) atoms. The number of anilines is 1. The first kappa shape index (κ1) is 12.3. The van der Waals surface area contributed by atoms with E-state index < -0.39 is 0 Å². The molecule has 4 heteroatoms. The van der Waals surface area contributed by atoms with Crippen LogP contribution in [0.25, 0.3) is 0 Å². The molecule has 0 amide bonds. The van der Waals surface area contributed by atoms with E-state index in [-0.39, 0.29) is 6.61 Å². The second kappa shape index (κ2) is 5.02. The summed E-state index contributed by atoms with van der Waals surface area (Å²) in [6, 6.07) is 6.88. The Morgan fingerprint density at radius 1 is 1.29 bits per heavy atom. The van der Waals surface area contributed by atoms with Crippen LogP contribution in [0.3, 0.4) is 0 Å². The average molecular weight is 235 g/mol. The second-order valence-corrected chi connectivity index (χ2v) is 4.91. The van der Waals surface area contributed by atoms with Crippen LogP contribution in [0, 0.1) is 0 Å². The minimum atomic E-state index is 0.00664. The maximum Gasteiger partial charge on any atom is 0.129 e. The molecule has 0 spiro atoms. The number of nitrogens with zero attached hydrogens (tertiary/aromatic N) is 3. The first-order chi connectivity index (χ1) is 8.11. The van der Waals surface area contributed by atoms with Gasteiger partial charge in [0.15, 0.2) is 0 Å². The number of pyridine rings is 1. The minimum Gasteiger partial charge on any atom is -0.390 e. The molecule has 1 aromatic rings.